The summed E-state index contributed by atoms with van der Waals surface area (Å²) in [5.41, 5.74) is 0.498. The van der Waals surface area contributed by atoms with Crippen LogP contribution in [0, 0.1) is 11.8 Å². The zero-order valence-corrected chi connectivity index (χ0v) is 12.1. The number of ether oxygens (including phenoxy) is 1. The molecule has 1 rings (SSSR count). The molecule has 0 unspecified atom stereocenters. The Bertz CT molecular complexity index is 576. The molecule has 0 aliphatic carbocycles. The number of nitrogens with one attached hydrogen (secondary N) is 1. The highest BCUT2D eigenvalue weighted by Crippen LogP contribution is 2.08. The number of aromatic nitrogens is 1. The number of sulfonamides is 1. The minimum absolute atomic E-state index is 0.0283. The highest BCUT2D eigenvalue weighted by atomic mass is 32.2. The third-order valence-corrected chi connectivity index (χ3v) is 3.74. The molecule has 0 amide bonds. The van der Waals surface area contributed by atoms with Gasteiger partial charge in [-0.25, -0.2) is 13.1 Å². The molecule has 1 aromatic heterocycles. The van der Waals surface area contributed by atoms with Gasteiger partial charge < -0.3 is 9.84 Å². The molecule has 0 radical (unpaired) electrons. The smallest absolute Gasteiger partial charge is 0.242 e. The highest BCUT2D eigenvalue weighted by Gasteiger charge is 2.13. The van der Waals surface area contributed by atoms with Crippen molar-refractivity contribution in [3.8, 4) is 11.8 Å². The zero-order chi connectivity index (χ0) is 14.8. The van der Waals surface area contributed by atoms with E-state index in [1.165, 1.54) is 18.5 Å². The van der Waals surface area contributed by atoms with E-state index in [4.69, 9.17) is 9.84 Å². The molecule has 0 atom stereocenters. The van der Waals surface area contributed by atoms with E-state index in [-0.39, 0.29) is 11.5 Å². The number of methoxy groups -OCH3 is 1. The first-order valence-corrected chi connectivity index (χ1v) is 7.62. The van der Waals surface area contributed by atoms with Gasteiger partial charge in [-0.2, -0.15) is 0 Å². The summed E-state index contributed by atoms with van der Waals surface area (Å²) in [5, 5.41) is 8.63. The van der Waals surface area contributed by atoms with Crippen molar-refractivity contribution in [3.63, 3.8) is 0 Å². The predicted molar refractivity (Wildman–Crippen MR) is 74.5 cm³/mol. The average molecular weight is 298 g/mol. The lowest BCUT2D eigenvalue weighted by Crippen LogP contribution is -2.25. The quantitative estimate of drug-likeness (QED) is 0.552. The lowest BCUT2D eigenvalue weighted by Gasteiger charge is -2.06. The lowest BCUT2D eigenvalue weighted by molar-refractivity contribution is 0.196. The molecule has 0 bridgehead atoms. The summed E-state index contributed by atoms with van der Waals surface area (Å²) in [6.07, 6.45) is 3.69. The van der Waals surface area contributed by atoms with Crippen LogP contribution < -0.4 is 4.72 Å². The van der Waals surface area contributed by atoms with Crippen molar-refractivity contribution in [2.75, 3.05) is 26.9 Å². The Hall–Kier alpha value is -1.46. The van der Waals surface area contributed by atoms with Crippen molar-refractivity contribution in [3.05, 3.63) is 24.0 Å². The number of nitrogens with zero attached hydrogens (tertiary/aromatic N) is 1. The van der Waals surface area contributed by atoms with Crippen molar-refractivity contribution in [1.29, 1.82) is 0 Å². The Kier molecular flexibility index (Phi) is 7.18. The third kappa shape index (κ3) is 5.67. The summed E-state index contributed by atoms with van der Waals surface area (Å²) in [7, 11) is -2.02. The van der Waals surface area contributed by atoms with E-state index in [9.17, 15) is 8.42 Å². The fourth-order valence-corrected chi connectivity index (χ4v) is 2.42. The van der Waals surface area contributed by atoms with Gasteiger partial charge in [-0.1, -0.05) is 11.8 Å². The Labute approximate surface area is 119 Å². The van der Waals surface area contributed by atoms with Crippen molar-refractivity contribution in [1.82, 2.24) is 9.71 Å². The summed E-state index contributed by atoms with van der Waals surface area (Å²) in [6, 6.07) is 1.45. The summed E-state index contributed by atoms with van der Waals surface area (Å²) in [4.78, 5) is 3.94. The molecule has 0 spiro atoms. The molecule has 20 heavy (non-hydrogen) atoms. The number of pyridine rings is 1. The fourth-order valence-electron chi connectivity index (χ4n) is 1.36. The first-order valence-electron chi connectivity index (χ1n) is 6.13. The van der Waals surface area contributed by atoms with Gasteiger partial charge in [0.15, 0.2) is 0 Å². The molecule has 0 fully saturated rings. The van der Waals surface area contributed by atoms with E-state index in [0.29, 0.717) is 31.6 Å². The monoisotopic (exact) mass is 298 g/mol. The molecule has 0 saturated heterocycles. The second-order valence-electron chi connectivity index (χ2n) is 3.93. The van der Waals surface area contributed by atoms with Crippen LogP contribution >= 0.6 is 0 Å². The van der Waals surface area contributed by atoms with Gasteiger partial charge in [0, 0.05) is 44.6 Å². The van der Waals surface area contributed by atoms with Crippen molar-refractivity contribution in [2.24, 2.45) is 0 Å². The molecule has 110 valence electrons. The molecule has 0 saturated carbocycles. The van der Waals surface area contributed by atoms with Crippen molar-refractivity contribution in [2.45, 2.75) is 17.7 Å². The van der Waals surface area contributed by atoms with E-state index in [2.05, 4.69) is 21.5 Å². The molecule has 0 aliphatic heterocycles. The highest BCUT2D eigenvalue weighted by molar-refractivity contribution is 7.89. The number of rotatable bonds is 7. The fraction of sp³-hybridized carbons (Fsp3) is 0.462. The maximum Gasteiger partial charge on any atom is 0.242 e. The average Bonchev–Trinajstić information content (AvgIpc) is 2.44. The normalized spacial score (nSPS) is 10.9. The van der Waals surface area contributed by atoms with E-state index < -0.39 is 10.0 Å². The second-order valence-corrected chi connectivity index (χ2v) is 5.70. The van der Waals surface area contributed by atoms with Crippen LogP contribution in [0.3, 0.4) is 0 Å². The summed E-state index contributed by atoms with van der Waals surface area (Å²) < 4.78 is 31.3. The van der Waals surface area contributed by atoms with Crippen LogP contribution in [0.25, 0.3) is 0 Å². The molecular formula is C13H18N2O4S. The maximum atomic E-state index is 12.0. The topological polar surface area (TPSA) is 88.5 Å². The van der Waals surface area contributed by atoms with Crippen LogP contribution in [0.1, 0.15) is 18.4 Å². The van der Waals surface area contributed by atoms with Gasteiger partial charge in [-0.3, -0.25) is 4.98 Å². The van der Waals surface area contributed by atoms with E-state index >= 15 is 0 Å². The van der Waals surface area contributed by atoms with Crippen LogP contribution in [0.4, 0.5) is 0 Å². The molecule has 1 heterocycles. The molecule has 2 N–H and O–H groups in total. The van der Waals surface area contributed by atoms with Crippen LogP contribution in [0.2, 0.25) is 0 Å². The number of aliphatic hydroxyl groups is 1. The van der Waals surface area contributed by atoms with Gasteiger partial charge in [0.25, 0.3) is 0 Å². The molecular weight excluding hydrogens is 280 g/mol. The van der Waals surface area contributed by atoms with E-state index in [0.717, 1.165) is 0 Å². The number of hydrogen-bond acceptors (Lipinski definition) is 5. The summed E-state index contributed by atoms with van der Waals surface area (Å²) in [6.45, 7) is 0.767. The Morgan fingerprint density at radius 3 is 2.95 bits per heavy atom. The molecule has 7 heteroatoms. The van der Waals surface area contributed by atoms with E-state index in [1.807, 2.05) is 0 Å². The molecule has 1 aromatic rings. The lowest BCUT2D eigenvalue weighted by atomic mass is 10.3. The largest absolute Gasteiger partial charge is 0.395 e. The third-order valence-electron chi connectivity index (χ3n) is 2.31. The summed E-state index contributed by atoms with van der Waals surface area (Å²) >= 11 is 0. The van der Waals surface area contributed by atoms with Gasteiger partial charge in [0.05, 0.1) is 6.61 Å². The maximum absolute atomic E-state index is 12.0. The van der Waals surface area contributed by atoms with Crippen LogP contribution in [-0.4, -0.2) is 45.4 Å². The molecule has 0 aromatic carbocycles. The van der Waals surface area contributed by atoms with Crippen LogP contribution in [-0.2, 0) is 14.8 Å². The Balaban J connectivity index is 2.75. The molecule has 6 nitrogen and oxygen atoms in total. The first kappa shape index (κ1) is 16.6. The number of hydrogen-bond donors (Lipinski definition) is 2. The van der Waals surface area contributed by atoms with Crippen molar-refractivity contribution < 1.29 is 18.3 Å². The van der Waals surface area contributed by atoms with Gasteiger partial charge in [-0.05, 0) is 12.5 Å². The van der Waals surface area contributed by atoms with Crippen LogP contribution in [0.5, 0.6) is 0 Å². The minimum Gasteiger partial charge on any atom is -0.395 e. The minimum atomic E-state index is -3.58. The van der Waals surface area contributed by atoms with Gasteiger partial charge in [0.2, 0.25) is 10.0 Å². The van der Waals surface area contributed by atoms with Gasteiger partial charge in [-0.15, -0.1) is 0 Å². The Morgan fingerprint density at radius 1 is 1.45 bits per heavy atom. The van der Waals surface area contributed by atoms with Gasteiger partial charge in [0.1, 0.15) is 4.90 Å². The SMILES string of the molecule is COCCCNS(=O)(=O)c1cncc(C#CCCO)c1. The predicted octanol–water partition coefficient (Wildman–Crippen LogP) is 0.130. The first-order chi connectivity index (χ1) is 9.60. The standard InChI is InChI=1S/C13H18N2O4S/c1-19-8-4-6-15-20(17,18)13-9-12(10-14-11-13)5-2-3-7-16/h9-11,15-16H,3-4,6-8H2,1H3. The summed E-state index contributed by atoms with van der Waals surface area (Å²) in [5.74, 6) is 5.47. The number of aliphatic hydroxyl groups excluding tert-OH is 1. The van der Waals surface area contributed by atoms with Crippen LogP contribution in [0.15, 0.2) is 23.4 Å². The second kappa shape index (κ2) is 8.66. The van der Waals surface area contributed by atoms with Gasteiger partial charge >= 0.3 is 0 Å². The Morgan fingerprint density at radius 2 is 2.25 bits per heavy atom. The molecule has 0 aliphatic rings. The van der Waals surface area contributed by atoms with E-state index in [1.54, 1.807) is 7.11 Å². The van der Waals surface area contributed by atoms with Crippen molar-refractivity contribution >= 4 is 10.0 Å². The zero-order valence-electron chi connectivity index (χ0n) is 11.3.